The highest BCUT2D eigenvalue weighted by Gasteiger charge is 2.02. The number of nitrogens with zero attached hydrogens (tertiary/aromatic N) is 1. The molecule has 1 aromatic carbocycles. The molecule has 1 heterocycles. The van der Waals surface area contributed by atoms with Gasteiger partial charge in [0, 0.05) is 17.6 Å². The molecule has 1 unspecified atom stereocenters. The van der Waals surface area contributed by atoms with Crippen LogP contribution in [0.15, 0.2) is 30.5 Å². The Labute approximate surface area is 94.2 Å². The van der Waals surface area contributed by atoms with Crippen molar-refractivity contribution in [1.82, 2.24) is 4.98 Å². The molecular weight excluding hydrogens is 202 g/mol. The molecule has 0 bridgehead atoms. The molecule has 0 aliphatic heterocycles. The molecule has 0 spiro atoms. The van der Waals surface area contributed by atoms with Crippen molar-refractivity contribution in [2.24, 2.45) is 5.73 Å². The van der Waals surface area contributed by atoms with E-state index in [1.165, 1.54) is 0 Å². The fraction of sp³-hybridized carbons (Fsp3) is 0.250. The third-order valence-electron chi connectivity index (χ3n) is 2.28. The summed E-state index contributed by atoms with van der Waals surface area (Å²) in [5.41, 5.74) is 11.4. The second-order valence-corrected chi connectivity index (χ2v) is 3.87. The summed E-state index contributed by atoms with van der Waals surface area (Å²) in [4.78, 5) is 4.04. The molecule has 2 rings (SSSR count). The zero-order valence-electron chi connectivity index (χ0n) is 9.18. The summed E-state index contributed by atoms with van der Waals surface area (Å²) in [6.07, 6.45) is 1.69. The van der Waals surface area contributed by atoms with Gasteiger partial charge in [0.2, 0.25) is 0 Å². The number of ether oxygens (including phenoxy) is 1. The summed E-state index contributed by atoms with van der Waals surface area (Å²) in [6.45, 7) is 2.39. The molecule has 2 aromatic rings. The molecule has 84 valence electrons. The Morgan fingerprint density at radius 3 is 2.94 bits per heavy atom. The summed E-state index contributed by atoms with van der Waals surface area (Å²) in [7, 11) is 0. The van der Waals surface area contributed by atoms with E-state index in [0.717, 1.165) is 16.5 Å². The highest BCUT2D eigenvalue weighted by Crippen LogP contribution is 2.23. The lowest BCUT2D eigenvalue weighted by atomic mass is 10.1. The highest BCUT2D eigenvalue weighted by molar-refractivity contribution is 5.91. The number of hydrogen-bond acceptors (Lipinski definition) is 4. The van der Waals surface area contributed by atoms with Crippen molar-refractivity contribution in [3.05, 3.63) is 30.5 Å². The van der Waals surface area contributed by atoms with Crippen molar-refractivity contribution >= 4 is 16.6 Å². The highest BCUT2D eigenvalue weighted by atomic mass is 16.5. The Kier molecular flexibility index (Phi) is 2.92. The van der Waals surface area contributed by atoms with Gasteiger partial charge in [-0.25, -0.2) is 4.98 Å². The van der Waals surface area contributed by atoms with Crippen LogP contribution in [0, 0.1) is 0 Å². The minimum Gasteiger partial charge on any atom is -0.492 e. The predicted octanol–water partition coefficient (Wildman–Crippen LogP) is 1.54. The minimum atomic E-state index is 0.0157. The molecule has 0 radical (unpaired) electrons. The normalized spacial score (nSPS) is 12.6. The van der Waals surface area contributed by atoms with E-state index in [1.54, 1.807) is 6.20 Å². The molecule has 4 N–H and O–H groups in total. The molecule has 0 aliphatic rings. The number of nitrogens with two attached hydrogens (primary N) is 2. The summed E-state index contributed by atoms with van der Waals surface area (Å²) < 4.78 is 5.52. The Morgan fingerprint density at radius 2 is 2.19 bits per heavy atom. The first-order valence-electron chi connectivity index (χ1n) is 5.19. The van der Waals surface area contributed by atoms with Gasteiger partial charge in [0.05, 0.1) is 0 Å². The largest absolute Gasteiger partial charge is 0.492 e. The molecular formula is C12H15N3O. The topological polar surface area (TPSA) is 74.2 Å². The van der Waals surface area contributed by atoms with Crippen LogP contribution in [0.2, 0.25) is 0 Å². The lowest BCUT2D eigenvalue weighted by Crippen LogP contribution is -2.23. The Balaban J connectivity index is 2.32. The average molecular weight is 217 g/mol. The van der Waals surface area contributed by atoms with Crippen molar-refractivity contribution in [1.29, 1.82) is 0 Å². The van der Waals surface area contributed by atoms with Crippen molar-refractivity contribution in [2.75, 3.05) is 12.3 Å². The molecule has 0 fully saturated rings. The van der Waals surface area contributed by atoms with Crippen molar-refractivity contribution < 1.29 is 4.74 Å². The zero-order chi connectivity index (χ0) is 11.5. The molecule has 1 atom stereocenters. The first-order chi connectivity index (χ1) is 7.66. The number of pyridine rings is 1. The maximum atomic E-state index is 5.79. The number of fused-ring (bicyclic) bond motifs is 1. The van der Waals surface area contributed by atoms with Gasteiger partial charge in [0.1, 0.15) is 18.2 Å². The third-order valence-corrected chi connectivity index (χ3v) is 2.28. The van der Waals surface area contributed by atoms with Gasteiger partial charge in [0.15, 0.2) is 0 Å². The van der Waals surface area contributed by atoms with Gasteiger partial charge >= 0.3 is 0 Å². The SMILES string of the molecule is CC(N)COc1ccc2ccnc(N)c2c1. The molecule has 1 aromatic heterocycles. The number of aromatic nitrogens is 1. The molecule has 0 amide bonds. The first kappa shape index (κ1) is 10.7. The van der Waals surface area contributed by atoms with E-state index in [-0.39, 0.29) is 6.04 Å². The quantitative estimate of drug-likeness (QED) is 0.817. The van der Waals surface area contributed by atoms with Crippen molar-refractivity contribution in [3.63, 3.8) is 0 Å². The van der Waals surface area contributed by atoms with E-state index in [9.17, 15) is 0 Å². The molecule has 0 saturated heterocycles. The van der Waals surface area contributed by atoms with Gasteiger partial charge in [-0.15, -0.1) is 0 Å². The summed E-state index contributed by atoms with van der Waals surface area (Å²) in [6, 6.07) is 7.69. The van der Waals surface area contributed by atoms with Crippen LogP contribution in [0.1, 0.15) is 6.92 Å². The minimum absolute atomic E-state index is 0.0157. The number of hydrogen-bond donors (Lipinski definition) is 2. The molecule has 0 aliphatic carbocycles. The lowest BCUT2D eigenvalue weighted by Gasteiger charge is -2.09. The number of rotatable bonds is 3. The molecule has 16 heavy (non-hydrogen) atoms. The van der Waals surface area contributed by atoms with E-state index < -0.39 is 0 Å². The molecule has 0 saturated carbocycles. The Hall–Kier alpha value is -1.81. The maximum absolute atomic E-state index is 5.79. The fourth-order valence-electron chi connectivity index (χ4n) is 1.49. The van der Waals surface area contributed by atoms with Crippen LogP contribution >= 0.6 is 0 Å². The van der Waals surface area contributed by atoms with Crippen LogP contribution in [0.4, 0.5) is 5.82 Å². The van der Waals surface area contributed by atoms with E-state index in [2.05, 4.69) is 4.98 Å². The number of nitrogen functional groups attached to an aromatic ring is 1. The molecule has 4 heteroatoms. The summed E-state index contributed by atoms with van der Waals surface area (Å²) >= 11 is 0. The van der Waals surface area contributed by atoms with Gasteiger partial charge in [-0.1, -0.05) is 6.07 Å². The monoisotopic (exact) mass is 217 g/mol. The Morgan fingerprint density at radius 1 is 1.38 bits per heavy atom. The average Bonchev–Trinajstić information content (AvgIpc) is 2.27. The second-order valence-electron chi connectivity index (χ2n) is 3.87. The van der Waals surface area contributed by atoms with Crippen molar-refractivity contribution in [3.8, 4) is 5.75 Å². The van der Waals surface area contributed by atoms with Crippen LogP contribution in [-0.4, -0.2) is 17.6 Å². The van der Waals surface area contributed by atoms with Gasteiger partial charge in [-0.05, 0) is 30.5 Å². The van der Waals surface area contributed by atoms with Crippen molar-refractivity contribution in [2.45, 2.75) is 13.0 Å². The lowest BCUT2D eigenvalue weighted by molar-refractivity contribution is 0.296. The third kappa shape index (κ3) is 2.23. The summed E-state index contributed by atoms with van der Waals surface area (Å²) in [5, 5.41) is 1.96. The smallest absolute Gasteiger partial charge is 0.131 e. The first-order valence-corrected chi connectivity index (χ1v) is 5.19. The summed E-state index contributed by atoms with van der Waals surface area (Å²) in [5.74, 6) is 1.29. The van der Waals surface area contributed by atoms with Gasteiger partial charge in [-0.2, -0.15) is 0 Å². The number of benzene rings is 1. The van der Waals surface area contributed by atoms with E-state index in [4.69, 9.17) is 16.2 Å². The van der Waals surface area contributed by atoms with Gasteiger partial charge in [-0.3, -0.25) is 0 Å². The Bertz CT molecular complexity index is 497. The van der Waals surface area contributed by atoms with E-state index >= 15 is 0 Å². The van der Waals surface area contributed by atoms with Crippen LogP contribution < -0.4 is 16.2 Å². The predicted molar refractivity (Wildman–Crippen MR) is 65.3 cm³/mol. The van der Waals surface area contributed by atoms with Gasteiger partial charge in [0.25, 0.3) is 0 Å². The van der Waals surface area contributed by atoms with Gasteiger partial charge < -0.3 is 16.2 Å². The van der Waals surface area contributed by atoms with Crippen LogP contribution in [0.25, 0.3) is 10.8 Å². The standard InChI is InChI=1S/C12H15N3O/c1-8(13)7-16-10-3-2-9-4-5-15-12(14)11(9)6-10/h2-6,8H,7,13H2,1H3,(H2,14,15). The van der Waals surface area contributed by atoms with Crippen LogP contribution in [-0.2, 0) is 0 Å². The zero-order valence-corrected chi connectivity index (χ0v) is 9.18. The maximum Gasteiger partial charge on any atom is 0.131 e. The van der Waals surface area contributed by atoms with E-state index in [0.29, 0.717) is 12.4 Å². The fourth-order valence-corrected chi connectivity index (χ4v) is 1.49. The molecule has 4 nitrogen and oxygen atoms in total. The number of anilines is 1. The van der Waals surface area contributed by atoms with Crippen LogP contribution in [0.5, 0.6) is 5.75 Å². The second kappa shape index (κ2) is 4.37. The van der Waals surface area contributed by atoms with Crippen LogP contribution in [0.3, 0.4) is 0 Å². The van der Waals surface area contributed by atoms with E-state index in [1.807, 2.05) is 31.2 Å².